The summed E-state index contributed by atoms with van der Waals surface area (Å²) >= 11 is 0. The molecule has 0 atom stereocenters. The summed E-state index contributed by atoms with van der Waals surface area (Å²) in [6, 6.07) is 31.7. The zero-order valence-electron chi connectivity index (χ0n) is 16.7. The average molecular weight is 388 g/mol. The Bertz CT molecular complexity index is 1490. The second-order valence-electron chi connectivity index (χ2n) is 7.59. The minimum atomic E-state index is 0.651. The molecule has 0 aliphatic carbocycles. The van der Waals surface area contributed by atoms with E-state index >= 15 is 0 Å². The summed E-state index contributed by atoms with van der Waals surface area (Å²) in [6.45, 7) is 2.20. The van der Waals surface area contributed by atoms with E-state index in [1.165, 1.54) is 27.4 Å². The Labute approximate surface area is 174 Å². The Hall–Kier alpha value is -3.85. The Kier molecular flexibility index (Phi) is 3.75. The van der Waals surface area contributed by atoms with Gasteiger partial charge in [0.15, 0.2) is 5.58 Å². The van der Waals surface area contributed by atoms with Gasteiger partial charge >= 0.3 is 0 Å². The van der Waals surface area contributed by atoms with Crippen molar-refractivity contribution in [3.8, 4) is 17.1 Å². The van der Waals surface area contributed by atoms with Crippen LogP contribution in [0.25, 0.3) is 50.0 Å². The molecule has 6 rings (SSSR count). The largest absolute Gasteiger partial charge is 0.436 e. The van der Waals surface area contributed by atoms with Crippen molar-refractivity contribution < 1.29 is 4.42 Å². The Morgan fingerprint density at radius 1 is 0.767 bits per heavy atom. The van der Waals surface area contributed by atoms with E-state index in [4.69, 9.17) is 4.42 Å². The van der Waals surface area contributed by atoms with E-state index in [2.05, 4.69) is 83.2 Å². The van der Waals surface area contributed by atoms with Crippen LogP contribution in [0, 0.1) is 0 Å². The molecule has 6 aromatic rings. The summed E-state index contributed by atoms with van der Waals surface area (Å²) in [4.78, 5) is 4.62. The first-order valence-electron chi connectivity index (χ1n) is 10.3. The molecule has 30 heavy (non-hydrogen) atoms. The molecular weight excluding hydrogens is 368 g/mol. The second kappa shape index (κ2) is 6.60. The van der Waals surface area contributed by atoms with Crippen LogP contribution in [0.1, 0.15) is 12.5 Å². The van der Waals surface area contributed by atoms with Gasteiger partial charge in [0, 0.05) is 22.0 Å². The lowest BCUT2D eigenvalue weighted by molar-refractivity contribution is 0.620. The van der Waals surface area contributed by atoms with E-state index in [0.717, 1.165) is 28.8 Å². The highest BCUT2D eigenvalue weighted by molar-refractivity contribution is 6.09. The number of nitrogens with zero attached hydrogens (tertiary/aromatic N) is 2. The van der Waals surface area contributed by atoms with Gasteiger partial charge in [-0.05, 0) is 66.6 Å². The summed E-state index contributed by atoms with van der Waals surface area (Å²) in [5, 5.41) is 2.58. The van der Waals surface area contributed by atoms with E-state index in [1.54, 1.807) is 0 Å². The molecule has 0 spiro atoms. The summed E-state index contributed by atoms with van der Waals surface area (Å²) in [6.07, 6.45) is 1.04. The normalized spacial score (nSPS) is 11.6. The monoisotopic (exact) mass is 388 g/mol. The number of rotatable bonds is 3. The van der Waals surface area contributed by atoms with Crippen LogP contribution in [0.4, 0.5) is 0 Å². The molecule has 0 fully saturated rings. The van der Waals surface area contributed by atoms with Crippen molar-refractivity contribution in [3.05, 3.63) is 96.6 Å². The third-order valence-corrected chi connectivity index (χ3v) is 5.81. The second-order valence-corrected chi connectivity index (χ2v) is 7.59. The Morgan fingerprint density at radius 2 is 1.53 bits per heavy atom. The van der Waals surface area contributed by atoms with Crippen LogP contribution in [-0.4, -0.2) is 9.55 Å². The zero-order valence-corrected chi connectivity index (χ0v) is 16.7. The maximum absolute atomic E-state index is 5.93. The van der Waals surface area contributed by atoms with Crippen LogP contribution >= 0.6 is 0 Å². The van der Waals surface area contributed by atoms with Crippen molar-refractivity contribution in [2.24, 2.45) is 0 Å². The van der Waals surface area contributed by atoms with Crippen molar-refractivity contribution in [3.63, 3.8) is 0 Å². The van der Waals surface area contributed by atoms with E-state index in [1.807, 2.05) is 24.3 Å². The lowest BCUT2D eigenvalue weighted by Crippen LogP contribution is -1.93. The molecule has 0 radical (unpaired) electrons. The average Bonchev–Trinajstić information content (AvgIpc) is 3.38. The third kappa shape index (κ3) is 2.56. The van der Waals surface area contributed by atoms with Gasteiger partial charge in [-0.1, -0.05) is 43.3 Å². The molecule has 2 aromatic heterocycles. The van der Waals surface area contributed by atoms with Gasteiger partial charge in [-0.15, -0.1) is 0 Å². The van der Waals surface area contributed by atoms with Crippen LogP contribution in [0.3, 0.4) is 0 Å². The van der Waals surface area contributed by atoms with Crippen LogP contribution < -0.4 is 0 Å². The highest BCUT2D eigenvalue weighted by atomic mass is 16.3. The fourth-order valence-corrected chi connectivity index (χ4v) is 4.27. The molecule has 3 nitrogen and oxygen atoms in total. The van der Waals surface area contributed by atoms with Crippen molar-refractivity contribution in [1.82, 2.24) is 9.55 Å². The van der Waals surface area contributed by atoms with Gasteiger partial charge in [0.05, 0.1) is 11.0 Å². The first kappa shape index (κ1) is 17.0. The molecule has 3 heteroatoms. The lowest BCUT2D eigenvalue weighted by Gasteiger charge is -2.08. The summed E-state index contributed by atoms with van der Waals surface area (Å²) < 4.78 is 8.27. The third-order valence-electron chi connectivity index (χ3n) is 5.81. The topological polar surface area (TPSA) is 31.0 Å². The maximum atomic E-state index is 5.93. The molecule has 4 aromatic carbocycles. The van der Waals surface area contributed by atoms with E-state index < -0.39 is 0 Å². The highest BCUT2D eigenvalue weighted by Gasteiger charge is 2.13. The number of hydrogen-bond donors (Lipinski definition) is 0. The molecule has 0 saturated carbocycles. The maximum Gasteiger partial charge on any atom is 0.227 e. The van der Waals surface area contributed by atoms with Crippen molar-refractivity contribution in [1.29, 1.82) is 0 Å². The van der Waals surface area contributed by atoms with Gasteiger partial charge in [0.2, 0.25) is 5.89 Å². The minimum Gasteiger partial charge on any atom is -0.436 e. The van der Waals surface area contributed by atoms with Gasteiger partial charge in [-0.2, -0.15) is 0 Å². The molecule has 0 saturated heterocycles. The summed E-state index contributed by atoms with van der Waals surface area (Å²) in [7, 11) is 0. The molecular formula is C27H20N2O. The number of fused-ring (bicyclic) bond motifs is 4. The Morgan fingerprint density at radius 3 is 2.37 bits per heavy atom. The molecule has 2 heterocycles. The zero-order chi connectivity index (χ0) is 20.1. The molecule has 0 aliphatic rings. The molecule has 0 unspecified atom stereocenters. The lowest BCUT2D eigenvalue weighted by atomic mass is 10.1. The quantitative estimate of drug-likeness (QED) is 0.322. The van der Waals surface area contributed by atoms with E-state index in [0.29, 0.717) is 5.89 Å². The molecule has 144 valence electrons. The predicted molar refractivity (Wildman–Crippen MR) is 123 cm³/mol. The smallest absolute Gasteiger partial charge is 0.227 e. The van der Waals surface area contributed by atoms with Gasteiger partial charge < -0.3 is 8.98 Å². The molecule has 0 amide bonds. The minimum absolute atomic E-state index is 0.651. The van der Waals surface area contributed by atoms with Crippen molar-refractivity contribution in [2.45, 2.75) is 13.3 Å². The molecule has 0 aliphatic heterocycles. The number of aryl methyl sites for hydroxylation is 1. The van der Waals surface area contributed by atoms with Crippen LogP contribution in [0.5, 0.6) is 0 Å². The number of hydrogen-bond acceptors (Lipinski definition) is 2. The fraction of sp³-hybridized carbons (Fsp3) is 0.0741. The number of para-hydroxylation sites is 3. The summed E-state index contributed by atoms with van der Waals surface area (Å²) in [5.74, 6) is 0.651. The number of benzene rings is 4. The fourth-order valence-electron chi connectivity index (χ4n) is 4.27. The van der Waals surface area contributed by atoms with Crippen molar-refractivity contribution in [2.75, 3.05) is 0 Å². The number of oxazole rings is 1. The van der Waals surface area contributed by atoms with Crippen molar-refractivity contribution >= 4 is 32.9 Å². The first-order chi connectivity index (χ1) is 14.8. The number of aromatic nitrogens is 2. The molecule has 0 N–H and O–H groups in total. The Balaban J connectivity index is 1.51. The summed E-state index contributed by atoms with van der Waals surface area (Å²) in [5.41, 5.74) is 7.60. The van der Waals surface area contributed by atoms with E-state index in [-0.39, 0.29) is 0 Å². The van der Waals surface area contributed by atoms with Gasteiger partial charge in [0.25, 0.3) is 0 Å². The SMILES string of the molecule is CCc1ccc2c(c1)c1ccccc1n2-c1ccc(-c2nc3ccccc3o2)cc1. The van der Waals surface area contributed by atoms with Crippen LogP contribution in [-0.2, 0) is 6.42 Å². The molecule has 0 bridgehead atoms. The standard InChI is InChI=1S/C27H20N2O/c1-2-18-11-16-25-22(17-18)21-7-3-5-9-24(21)29(25)20-14-12-19(13-15-20)27-28-23-8-4-6-10-26(23)30-27/h3-17H,2H2,1H3. The van der Waals surface area contributed by atoms with Gasteiger partial charge in [-0.25, -0.2) is 4.98 Å². The highest BCUT2D eigenvalue weighted by Crippen LogP contribution is 2.33. The van der Waals surface area contributed by atoms with Crippen LogP contribution in [0.2, 0.25) is 0 Å². The van der Waals surface area contributed by atoms with E-state index in [9.17, 15) is 0 Å². The van der Waals surface area contributed by atoms with Gasteiger partial charge in [0.1, 0.15) is 5.52 Å². The first-order valence-corrected chi connectivity index (χ1v) is 10.3. The van der Waals surface area contributed by atoms with Gasteiger partial charge in [-0.3, -0.25) is 0 Å². The predicted octanol–water partition coefficient (Wildman–Crippen LogP) is 7.15. The van der Waals surface area contributed by atoms with Crippen LogP contribution in [0.15, 0.2) is 95.4 Å².